The number of fused-ring (bicyclic) bond motifs is 7. The van der Waals surface area contributed by atoms with Crippen molar-refractivity contribution in [3.63, 3.8) is 0 Å². The van der Waals surface area contributed by atoms with Gasteiger partial charge in [-0.15, -0.1) is 11.3 Å². The molecule has 0 spiro atoms. The molecule has 10 aromatic rings. The summed E-state index contributed by atoms with van der Waals surface area (Å²) in [5.74, 6) is 0. The van der Waals surface area contributed by atoms with Gasteiger partial charge in [0.2, 0.25) is 0 Å². The average Bonchev–Trinajstić information content (AvgIpc) is 3.77. The SMILES string of the molecule is CC1(C)c2ccccc2-c2cccc(-c3ccc(N(c4ccccc4-c4cccc(-c5cccc6ccccc56)c4)c4cccc5c4sc4ccccc45)cc3)c21. The number of anilines is 3. The quantitative estimate of drug-likeness (QED) is 0.164. The van der Waals surface area contributed by atoms with Gasteiger partial charge < -0.3 is 4.90 Å². The molecule has 0 radical (unpaired) electrons. The fraction of sp³-hybridized carbons (Fsp3) is 0.0545. The van der Waals surface area contributed by atoms with Crippen LogP contribution in [0, 0.1) is 0 Å². The van der Waals surface area contributed by atoms with Crippen molar-refractivity contribution in [3.05, 3.63) is 211 Å². The monoisotopic (exact) mass is 745 g/mol. The van der Waals surface area contributed by atoms with Crippen LogP contribution in [0.15, 0.2) is 200 Å². The molecule has 0 saturated carbocycles. The Morgan fingerprint density at radius 2 is 0.982 bits per heavy atom. The van der Waals surface area contributed by atoms with E-state index in [1.807, 2.05) is 11.3 Å². The van der Waals surface area contributed by atoms with Crippen molar-refractivity contribution in [2.75, 3.05) is 4.90 Å². The third kappa shape index (κ3) is 5.36. The zero-order valence-electron chi connectivity index (χ0n) is 31.9. The summed E-state index contributed by atoms with van der Waals surface area (Å²) in [6.45, 7) is 4.74. The number of hydrogen-bond donors (Lipinski definition) is 0. The lowest BCUT2D eigenvalue weighted by atomic mass is 9.79. The maximum absolute atomic E-state index is 2.48. The van der Waals surface area contributed by atoms with Crippen LogP contribution < -0.4 is 4.90 Å². The van der Waals surface area contributed by atoms with Crippen LogP contribution in [0.5, 0.6) is 0 Å². The molecule has 1 heterocycles. The van der Waals surface area contributed by atoms with Crippen molar-refractivity contribution >= 4 is 59.3 Å². The molecule has 0 atom stereocenters. The fourth-order valence-electron chi connectivity index (χ4n) is 9.44. The Balaban J connectivity index is 1.09. The molecule has 1 aliphatic carbocycles. The summed E-state index contributed by atoms with van der Waals surface area (Å²) < 4.78 is 2.58. The van der Waals surface area contributed by atoms with Gasteiger partial charge in [0.05, 0.1) is 16.1 Å². The van der Waals surface area contributed by atoms with E-state index >= 15 is 0 Å². The van der Waals surface area contributed by atoms with Crippen molar-refractivity contribution < 1.29 is 0 Å². The molecular formula is C55H39NS. The fourth-order valence-corrected chi connectivity index (χ4v) is 10.6. The number of para-hydroxylation sites is 1. The number of nitrogens with zero attached hydrogens (tertiary/aromatic N) is 1. The van der Waals surface area contributed by atoms with Crippen LogP contribution in [0.2, 0.25) is 0 Å². The minimum Gasteiger partial charge on any atom is -0.308 e. The Labute approximate surface area is 337 Å². The van der Waals surface area contributed by atoms with Gasteiger partial charge in [-0.25, -0.2) is 0 Å². The summed E-state index contributed by atoms with van der Waals surface area (Å²) >= 11 is 1.87. The third-order valence-corrected chi connectivity index (χ3v) is 13.3. The van der Waals surface area contributed by atoms with Crippen LogP contribution in [-0.4, -0.2) is 0 Å². The van der Waals surface area contributed by atoms with E-state index in [2.05, 4.69) is 219 Å². The molecule has 11 rings (SSSR count). The summed E-state index contributed by atoms with van der Waals surface area (Å²) in [4.78, 5) is 2.48. The Kier molecular flexibility index (Phi) is 7.77. The topological polar surface area (TPSA) is 3.24 Å². The van der Waals surface area contributed by atoms with Crippen LogP contribution >= 0.6 is 11.3 Å². The van der Waals surface area contributed by atoms with Gasteiger partial charge in [0.25, 0.3) is 0 Å². The molecule has 0 unspecified atom stereocenters. The lowest BCUT2D eigenvalue weighted by molar-refractivity contribution is 0.662. The van der Waals surface area contributed by atoms with Gasteiger partial charge in [-0.3, -0.25) is 0 Å². The largest absolute Gasteiger partial charge is 0.308 e. The Morgan fingerprint density at radius 1 is 0.404 bits per heavy atom. The Morgan fingerprint density at radius 3 is 1.86 bits per heavy atom. The molecular weight excluding hydrogens is 707 g/mol. The second-order valence-electron chi connectivity index (χ2n) is 15.7. The maximum Gasteiger partial charge on any atom is 0.0640 e. The van der Waals surface area contributed by atoms with E-state index in [0.29, 0.717) is 0 Å². The van der Waals surface area contributed by atoms with E-state index < -0.39 is 0 Å². The zero-order chi connectivity index (χ0) is 38.1. The Bertz CT molecular complexity index is 3160. The van der Waals surface area contributed by atoms with Crippen molar-refractivity contribution in [2.24, 2.45) is 0 Å². The normalized spacial score (nSPS) is 12.9. The molecule has 0 fully saturated rings. The van der Waals surface area contributed by atoms with Gasteiger partial charge in [0.15, 0.2) is 0 Å². The molecule has 0 aliphatic heterocycles. The molecule has 0 N–H and O–H groups in total. The summed E-state index contributed by atoms with van der Waals surface area (Å²) in [6.07, 6.45) is 0. The van der Waals surface area contributed by atoms with Crippen LogP contribution in [0.25, 0.3) is 75.5 Å². The highest BCUT2D eigenvalue weighted by Crippen LogP contribution is 2.53. The lowest BCUT2D eigenvalue weighted by Gasteiger charge is -2.29. The summed E-state index contributed by atoms with van der Waals surface area (Å²) in [5, 5.41) is 5.10. The van der Waals surface area contributed by atoms with Gasteiger partial charge in [0, 0.05) is 32.1 Å². The van der Waals surface area contributed by atoms with Crippen LogP contribution in [0.1, 0.15) is 25.0 Å². The highest BCUT2D eigenvalue weighted by atomic mass is 32.1. The van der Waals surface area contributed by atoms with Crippen molar-refractivity contribution in [3.8, 4) is 44.5 Å². The van der Waals surface area contributed by atoms with E-state index in [-0.39, 0.29) is 5.41 Å². The molecule has 57 heavy (non-hydrogen) atoms. The predicted octanol–water partition coefficient (Wildman–Crippen LogP) is 16.0. The first kappa shape index (κ1) is 33.6. The molecule has 270 valence electrons. The molecule has 0 saturated heterocycles. The van der Waals surface area contributed by atoms with Crippen LogP contribution in [0.4, 0.5) is 17.1 Å². The van der Waals surface area contributed by atoms with Crippen molar-refractivity contribution in [1.82, 2.24) is 0 Å². The predicted molar refractivity (Wildman–Crippen MR) is 245 cm³/mol. The second-order valence-corrected chi connectivity index (χ2v) is 16.7. The third-order valence-electron chi connectivity index (χ3n) is 12.1. The van der Waals surface area contributed by atoms with Gasteiger partial charge >= 0.3 is 0 Å². The molecule has 9 aromatic carbocycles. The van der Waals surface area contributed by atoms with Crippen molar-refractivity contribution in [1.29, 1.82) is 0 Å². The first-order valence-corrected chi connectivity index (χ1v) is 20.6. The smallest absolute Gasteiger partial charge is 0.0640 e. The molecule has 0 amide bonds. The highest BCUT2D eigenvalue weighted by molar-refractivity contribution is 7.26. The number of hydrogen-bond acceptors (Lipinski definition) is 2. The van der Waals surface area contributed by atoms with E-state index in [0.717, 1.165) is 11.4 Å². The maximum atomic E-state index is 2.48. The van der Waals surface area contributed by atoms with E-state index in [1.165, 1.54) is 92.3 Å². The first-order valence-electron chi connectivity index (χ1n) is 19.8. The number of thiophene rings is 1. The van der Waals surface area contributed by atoms with E-state index in [9.17, 15) is 0 Å². The second kappa shape index (κ2) is 13.2. The van der Waals surface area contributed by atoms with Gasteiger partial charge in [0.1, 0.15) is 0 Å². The molecule has 1 aromatic heterocycles. The average molecular weight is 746 g/mol. The summed E-state index contributed by atoms with van der Waals surface area (Å²) in [7, 11) is 0. The summed E-state index contributed by atoms with van der Waals surface area (Å²) in [5.41, 5.74) is 16.2. The molecule has 0 bridgehead atoms. The van der Waals surface area contributed by atoms with Crippen LogP contribution in [0.3, 0.4) is 0 Å². The standard InChI is InChI=1S/C55H39NS/c1-55(2)49-27-8-5-21-45(49)47-25-13-24-44(53(47)55)37-31-33-40(34-32-37)56(51-29-14-26-48-46-22-7-10-30-52(46)57-54(48)51)50-28-9-6-20-43(50)39-18-11-17-38(35-39)42-23-12-16-36-15-3-4-19-41(36)42/h3-35H,1-2H3. The van der Waals surface area contributed by atoms with Gasteiger partial charge in [-0.1, -0.05) is 178 Å². The van der Waals surface area contributed by atoms with Crippen molar-refractivity contribution in [2.45, 2.75) is 19.3 Å². The van der Waals surface area contributed by atoms with Gasteiger partial charge in [-0.2, -0.15) is 0 Å². The number of benzene rings is 9. The minimum atomic E-state index is -0.0937. The molecule has 2 heteroatoms. The lowest BCUT2D eigenvalue weighted by Crippen LogP contribution is -2.16. The Hall–Kier alpha value is -6.74. The highest BCUT2D eigenvalue weighted by Gasteiger charge is 2.37. The minimum absolute atomic E-state index is 0.0937. The van der Waals surface area contributed by atoms with Gasteiger partial charge in [-0.05, 0) is 97.2 Å². The first-order chi connectivity index (χ1) is 28.0. The summed E-state index contributed by atoms with van der Waals surface area (Å²) in [6, 6.07) is 73.8. The van der Waals surface area contributed by atoms with E-state index in [1.54, 1.807) is 0 Å². The van der Waals surface area contributed by atoms with Crippen LogP contribution in [-0.2, 0) is 5.41 Å². The number of rotatable bonds is 6. The van der Waals surface area contributed by atoms with E-state index in [4.69, 9.17) is 0 Å². The molecule has 1 nitrogen and oxygen atoms in total. The zero-order valence-corrected chi connectivity index (χ0v) is 32.7. The molecule has 1 aliphatic rings.